The Morgan fingerprint density at radius 1 is 1.23 bits per heavy atom. The first-order chi connectivity index (χ1) is 10.0. The average molecular weight is 350 g/mol. The third-order valence-electron chi connectivity index (χ3n) is 3.17. The first-order valence-electron chi connectivity index (χ1n) is 7.43. The molecule has 0 aromatic heterocycles. The molecule has 0 radical (unpaired) electrons. The molecule has 0 aliphatic carbocycles. The fourth-order valence-electron chi connectivity index (χ4n) is 1.94. The van der Waals surface area contributed by atoms with E-state index in [1.165, 1.54) is 0 Å². The van der Waals surface area contributed by atoms with Gasteiger partial charge in [-0.1, -0.05) is 44.5 Å². The Labute approximate surface area is 139 Å². The predicted octanol–water partition coefficient (Wildman–Crippen LogP) is 4.25. The second-order valence-electron chi connectivity index (χ2n) is 7.20. The minimum Gasteiger partial charge on any atom is -0.414 e. The second kappa shape index (κ2) is 7.86. The molecule has 0 atom stereocenters. The summed E-state index contributed by atoms with van der Waals surface area (Å²) in [5.41, 5.74) is 1.35. The van der Waals surface area contributed by atoms with E-state index in [0.29, 0.717) is 11.6 Å². The first kappa shape index (κ1) is 19.6. The van der Waals surface area contributed by atoms with Crippen molar-refractivity contribution in [1.82, 2.24) is 5.32 Å². The van der Waals surface area contributed by atoms with Crippen molar-refractivity contribution in [3.05, 3.63) is 34.3 Å². The first-order valence-corrected chi connectivity index (χ1v) is 9.09. The molecule has 6 heteroatoms. The van der Waals surface area contributed by atoms with E-state index in [2.05, 4.69) is 26.1 Å². The standard InChI is InChI=1S/C16H26ClF2NOSi/c1-15(2,3)22-21-16(4,5)12-8-11(6-7-13(12)17)9-20-10-14(18)19/h6-8,14,20H,9-10,22H2,1-5H3. The molecule has 0 bridgehead atoms. The van der Waals surface area contributed by atoms with Crippen LogP contribution in [0.2, 0.25) is 10.1 Å². The summed E-state index contributed by atoms with van der Waals surface area (Å²) in [6.07, 6.45) is -2.34. The van der Waals surface area contributed by atoms with Gasteiger partial charge >= 0.3 is 0 Å². The number of nitrogens with one attached hydrogen (secondary N) is 1. The van der Waals surface area contributed by atoms with E-state index in [-0.39, 0.29) is 11.6 Å². The highest BCUT2D eigenvalue weighted by atomic mass is 35.5. The number of hydrogen-bond acceptors (Lipinski definition) is 2. The Morgan fingerprint density at radius 3 is 2.41 bits per heavy atom. The lowest BCUT2D eigenvalue weighted by Crippen LogP contribution is -2.28. The monoisotopic (exact) mass is 349 g/mol. The predicted molar refractivity (Wildman–Crippen MR) is 91.5 cm³/mol. The Balaban J connectivity index is 2.83. The van der Waals surface area contributed by atoms with E-state index >= 15 is 0 Å². The van der Waals surface area contributed by atoms with Gasteiger partial charge in [-0.25, -0.2) is 8.78 Å². The van der Waals surface area contributed by atoms with Crippen molar-refractivity contribution in [2.75, 3.05) is 6.54 Å². The van der Waals surface area contributed by atoms with Gasteiger partial charge in [0.15, 0.2) is 9.76 Å². The van der Waals surface area contributed by atoms with E-state index in [1.807, 2.05) is 26.0 Å². The fourth-order valence-corrected chi connectivity index (χ4v) is 3.24. The van der Waals surface area contributed by atoms with Crippen LogP contribution in [-0.2, 0) is 16.6 Å². The highest BCUT2D eigenvalue weighted by Crippen LogP contribution is 2.34. The molecule has 1 N–H and O–H groups in total. The summed E-state index contributed by atoms with van der Waals surface area (Å²) in [5, 5.41) is 3.57. The summed E-state index contributed by atoms with van der Waals surface area (Å²) >= 11 is 6.31. The topological polar surface area (TPSA) is 21.3 Å². The minimum atomic E-state index is -2.34. The highest BCUT2D eigenvalue weighted by Gasteiger charge is 2.26. The lowest BCUT2D eigenvalue weighted by molar-refractivity contribution is 0.109. The largest absolute Gasteiger partial charge is 0.414 e. The summed E-state index contributed by atoms with van der Waals surface area (Å²) in [4.78, 5) is 0. The van der Waals surface area contributed by atoms with Crippen molar-refractivity contribution >= 4 is 21.4 Å². The zero-order chi connectivity index (χ0) is 17.0. The number of rotatable bonds is 7. The molecule has 0 spiro atoms. The van der Waals surface area contributed by atoms with Crippen LogP contribution in [0.5, 0.6) is 0 Å². The highest BCUT2D eigenvalue weighted by molar-refractivity contribution is 6.32. The van der Waals surface area contributed by atoms with Gasteiger partial charge in [0, 0.05) is 17.1 Å². The maximum atomic E-state index is 12.2. The van der Waals surface area contributed by atoms with Gasteiger partial charge in [0.05, 0.1) is 12.1 Å². The Morgan fingerprint density at radius 2 is 1.86 bits per heavy atom. The number of alkyl halides is 2. The molecule has 2 nitrogen and oxygen atoms in total. The zero-order valence-corrected chi connectivity index (χ0v) is 16.1. The van der Waals surface area contributed by atoms with Crippen LogP contribution in [0.25, 0.3) is 0 Å². The molecular formula is C16H26ClF2NOSi. The summed E-state index contributed by atoms with van der Waals surface area (Å²) in [5.74, 6) is 0. The molecule has 1 aromatic carbocycles. The van der Waals surface area contributed by atoms with Crippen LogP contribution in [0.1, 0.15) is 45.7 Å². The smallest absolute Gasteiger partial charge is 0.250 e. The van der Waals surface area contributed by atoms with Crippen molar-refractivity contribution in [1.29, 1.82) is 0 Å². The van der Waals surface area contributed by atoms with Gasteiger partial charge < -0.3 is 9.74 Å². The van der Waals surface area contributed by atoms with Gasteiger partial charge in [0.1, 0.15) is 0 Å². The number of halogens is 3. The van der Waals surface area contributed by atoms with Crippen LogP contribution >= 0.6 is 11.6 Å². The molecule has 126 valence electrons. The molecule has 1 rings (SSSR count). The van der Waals surface area contributed by atoms with Crippen LogP contribution in [0.15, 0.2) is 18.2 Å². The van der Waals surface area contributed by atoms with Gasteiger partial charge in [-0.05, 0) is 30.5 Å². The summed E-state index contributed by atoms with van der Waals surface area (Å²) in [6, 6.07) is 5.60. The Bertz CT molecular complexity index is 490. The van der Waals surface area contributed by atoms with Crippen molar-refractivity contribution in [3.63, 3.8) is 0 Å². The van der Waals surface area contributed by atoms with Crippen molar-refractivity contribution < 1.29 is 13.2 Å². The second-order valence-corrected chi connectivity index (χ2v) is 10.3. The molecule has 0 saturated carbocycles. The third-order valence-corrected chi connectivity index (χ3v) is 5.23. The van der Waals surface area contributed by atoms with Crippen molar-refractivity contribution in [2.45, 2.75) is 58.2 Å². The molecule has 0 amide bonds. The molecule has 0 unspecified atom stereocenters. The van der Waals surface area contributed by atoms with Crippen LogP contribution in [0, 0.1) is 0 Å². The summed E-state index contributed by atoms with van der Waals surface area (Å²) in [6.45, 7) is 10.6. The van der Waals surface area contributed by atoms with Crippen LogP contribution < -0.4 is 5.32 Å². The molecule has 0 aliphatic heterocycles. The van der Waals surface area contributed by atoms with E-state index in [9.17, 15) is 8.78 Å². The Hall–Kier alpha value is -0.493. The SMILES string of the molecule is CC(C)(C)[SiH2]OC(C)(C)c1cc(CNCC(F)F)ccc1Cl. The molecule has 1 aromatic rings. The third kappa shape index (κ3) is 6.73. The average Bonchev–Trinajstić information content (AvgIpc) is 2.37. The van der Waals surface area contributed by atoms with E-state index in [4.69, 9.17) is 16.0 Å². The van der Waals surface area contributed by atoms with Crippen LogP contribution in [0.3, 0.4) is 0 Å². The molecule has 0 heterocycles. The summed E-state index contributed by atoms with van der Waals surface area (Å²) < 4.78 is 30.5. The zero-order valence-electron chi connectivity index (χ0n) is 14.0. The van der Waals surface area contributed by atoms with E-state index in [1.54, 1.807) is 6.07 Å². The van der Waals surface area contributed by atoms with Gasteiger partial charge in [0.2, 0.25) is 0 Å². The summed E-state index contributed by atoms with van der Waals surface area (Å²) in [7, 11) is -0.727. The van der Waals surface area contributed by atoms with E-state index in [0.717, 1.165) is 11.1 Å². The van der Waals surface area contributed by atoms with Crippen LogP contribution in [-0.4, -0.2) is 22.7 Å². The normalized spacial score (nSPS) is 13.5. The lowest BCUT2D eigenvalue weighted by Gasteiger charge is -2.31. The van der Waals surface area contributed by atoms with Gasteiger partial charge in [0.25, 0.3) is 6.43 Å². The van der Waals surface area contributed by atoms with Gasteiger partial charge in [-0.15, -0.1) is 0 Å². The number of hydrogen-bond donors (Lipinski definition) is 1. The van der Waals surface area contributed by atoms with Gasteiger partial charge in [-0.3, -0.25) is 0 Å². The lowest BCUT2D eigenvalue weighted by atomic mass is 9.96. The van der Waals surface area contributed by atoms with Crippen molar-refractivity contribution in [2.24, 2.45) is 0 Å². The quantitative estimate of drug-likeness (QED) is 0.743. The fraction of sp³-hybridized carbons (Fsp3) is 0.625. The number of benzene rings is 1. The van der Waals surface area contributed by atoms with Crippen LogP contribution in [0.4, 0.5) is 8.78 Å². The molecule has 0 fully saturated rings. The molecule has 0 saturated heterocycles. The van der Waals surface area contributed by atoms with E-state index < -0.39 is 21.8 Å². The van der Waals surface area contributed by atoms with Gasteiger partial charge in [-0.2, -0.15) is 0 Å². The van der Waals surface area contributed by atoms with Crippen molar-refractivity contribution in [3.8, 4) is 0 Å². The molecule has 22 heavy (non-hydrogen) atoms. The Kier molecular flexibility index (Phi) is 6.99. The minimum absolute atomic E-state index is 0.195. The molecule has 0 aliphatic rings. The molecular weight excluding hydrogens is 324 g/mol. The maximum absolute atomic E-state index is 12.2. The maximum Gasteiger partial charge on any atom is 0.250 e.